The number of nitrogens with zero attached hydrogens (tertiary/aromatic N) is 2. The van der Waals surface area contributed by atoms with E-state index in [1.54, 1.807) is 24.3 Å². The van der Waals surface area contributed by atoms with Gasteiger partial charge in [-0.2, -0.15) is 16.9 Å². The van der Waals surface area contributed by atoms with Crippen molar-refractivity contribution < 1.29 is 14.7 Å². The number of thioether (sulfide) groups is 1. The molecule has 138 valence electrons. The summed E-state index contributed by atoms with van der Waals surface area (Å²) in [5.41, 5.74) is 0.610. The summed E-state index contributed by atoms with van der Waals surface area (Å²) >= 11 is 7.62. The number of benzene rings is 1. The number of amides is 1. The third kappa shape index (κ3) is 5.34. The van der Waals surface area contributed by atoms with Crippen LogP contribution in [-0.4, -0.2) is 44.8 Å². The minimum absolute atomic E-state index is 0.296. The second-order valence-corrected chi connectivity index (χ2v) is 6.83. The van der Waals surface area contributed by atoms with Gasteiger partial charge in [-0.3, -0.25) is 9.59 Å². The monoisotopic (exact) mass is 395 g/mol. The molecule has 0 fully saturated rings. The van der Waals surface area contributed by atoms with E-state index in [2.05, 4.69) is 10.4 Å². The van der Waals surface area contributed by atoms with Crippen molar-refractivity contribution in [3.8, 4) is 11.3 Å². The Labute approximate surface area is 159 Å². The van der Waals surface area contributed by atoms with E-state index in [1.165, 1.54) is 23.9 Å². The normalized spacial score (nSPS) is 11.8. The molecule has 0 radical (unpaired) electrons. The molecule has 2 rings (SSSR count). The molecule has 0 saturated heterocycles. The topological polar surface area (TPSA) is 101 Å². The number of hydrogen-bond donors (Lipinski definition) is 2. The van der Waals surface area contributed by atoms with E-state index in [9.17, 15) is 14.4 Å². The van der Waals surface area contributed by atoms with Crippen molar-refractivity contribution in [3.05, 3.63) is 51.8 Å². The lowest BCUT2D eigenvalue weighted by Crippen LogP contribution is -2.44. The molecule has 7 nitrogen and oxygen atoms in total. The molecule has 0 aliphatic carbocycles. The number of carboxylic acid groups (broad SMARTS) is 1. The fourth-order valence-corrected chi connectivity index (χ4v) is 2.95. The lowest BCUT2D eigenvalue weighted by Gasteiger charge is -2.14. The van der Waals surface area contributed by atoms with Crippen molar-refractivity contribution in [1.29, 1.82) is 0 Å². The van der Waals surface area contributed by atoms with Crippen LogP contribution in [-0.2, 0) is 16.1 Å². The minimum atomic E-state index is -1.11. The van der Waals surface area contributed by atoms with E-state index < -0.39 is 23.5 Å². The lowest BCUT2D eigenvalue weighted by molar-refractivity contribution is -0.142. The summed E-state index contributed by atoms with van der Waals surface area (Å²) in [4.78, 5) is 35.3. The van der Waals surface area contributed by atoms with Crippen molar-refractivity contribution in [1.82, 2.24) is 15.1 Å². The Kier molecular flexibility index (Phi) is 7.23. The highest BCUT2D eigenvalue weighted by Crippen LogP contribution is 2.24. The SMILES string of the molecule is CSCC[C@H](NC(=O)Cn1nc(-c2ccccc2Cl)ccc1=O)C(=O)O. The van der Waals surface area contributed by atoms with Crippen LogP contribution in [0.5, 0.6) is 0 Å². The van der Waals surface area contributed by atoms with Crippen molar-refractivity contribution in [2.75, 3.05) is 12.0 Å². The van der Waals surface area contributed by atoms with E-state index in [1.807, 2.05) is 6.26 Å². The first-order valence-corrected chi connectivity index (χ1v) is 9.53. The van der Waals surface area contributed by atoms with Crippen LogP contribution < -0.4 is 10.9 Å². The Morgan fingerprint density at radius 2 is 2.04 bits per heavy atom. The first-order valence-electron chi connectivity index (χ1n) is 7.76. The fourth-order valence-electron chi connectivity index (χ4n) is 2.24. The molecule has 2 N–H and O–H groups in total. The van der Waals surface area contributed by atoms with Gasteiger partial charge >= 0.3 is 5.97 Å². The number of carboxylic acids is 1. The molecule has 26 heavy (non-hydrogen) atoms. The molecule has 1 amide bonds. The van der Waals surface area contributed by atoms with Crippen LogP contribution >= 0.6 is 23.4 Å². The first kappa shape index (κ1) is 20.0. The minimum Gasteiger partial charge on any atom is -0.480 e. The Hall–Kier alpha value is -2.32. The summed E-state index contributed by atoms with van der Waals surface area (Å²) in [6.07, 6.45) is 2.15. The van der Waals surface area contributed by atoms with Gasteiger partial charge in [-0.05, 0) is 30.6 Å². The van der Waals surface area contributed by atoms with Gasteiger partial charge in [0.25, 0.3) is 5.56 Å². The van der Waals surface area contributed by atoms with Crippen LogP contribution in [0.1, 0.15) is 6.42 Å². The third-order valence-corrected chi connectivity index (χ3v) is 4.53. The Morgan fingerprint density at radius 3 is 2.69 bits per heavy atom. The number of nitrogens with one attached hydrogen (secondary N) is 1. The van der Waals surface area contributed by atoms with E-state index in [0.29, 0.717) is 28.5 Å². The molecule has 0 spiro atoms. The van der Waals surface area contributed by atoms with Gasteiger partial charge in [0.05, 0.1) is 10.7 Å². The number of aliphatic carboxylic acids is 1. The molecular formula is C17H18ClN3O4S. The maximum Gasteiger partial charge on any atom is 0.326 e. The maximum absolute atomic E-state index is 12.2. The van der Waals surface area contributed by atoms with Crippen molar-refractivity contribution in [2.45, 2.75) is 19.0 Å². The van der Waals surface area contributed by atoms with E-state index in [-0.39, 0.29) is 6.54 Å². The summed E-state index contributed by atoms with van der Waals surface area (Å²) in [6.45, 7) is -0.375. The number of aromatic nitrogens is 2. The molecule has 0 unspecified atom stereocenters. The van der Waals surface area contributed by atoms with Gasteiger partial charge < -0.3 is 10.4 Å². The largest absolute Gasteiger partial charge is 0.480 e. The van der Waals surface area contributed by atoms with Crippen molar-refractivity contribution in [3.63, 3.8) is 0 Å². The van der Waals surface area contributed by atoms with Crippen LogP contribution in [0.25, 0.3) is 11.3 Å². The summed E-state index contributed by atoms with van der Waals surface area (Å²) < 4.78 is 0.988. The highest BCUT2D eigenvalue weighted by atomic mass is 35.5. The molecule has 0 bridgehead atoms. The highest BCUT2D eigenvalue weighted by molar-refractivity contribution is 7.98. The fraction of sp³-hybridized carbons (Fsp3) is 0.294. The molecule has 1 aromatic carbocycles. The number of carbonyl (C=O) groups is 2. The van der Waals surface area contributed by atoms with E-state index >= 15 is 0 Å². The summed E-state index contributed by atoms with van der Waals surface area (Å²) in [7, 11) is 0. The molecule has 0 aliphatic rings. The molecule has 0 saturated carbocycles. The van der Waals surface area contributed by atoms with Gasteiger partial charge in [-0.25, -0.2) is 9.48 Å². The molecule has 1 heterocycles. The van der Waals surface area contributed by atoms with Crippen molar-refractivity contribution in [2.24, 2.45) is 0 Å². The molecule has 0 aliphatic heterocycles. The average Bonchev–Trinajstić information content (AvgIpc) is 2.61. The summed E-state index contributed by atoms with van der Waals surface area (Å²) in [5, 5.41) is 16.2. The number of rotatable bonds is 8. The van der Waals surface area contributed by atoms with Gasteiger partial charge in [0.15, 0.2) is 0 Å². The zero-order chi connectivity index (χ0) is 19.1. The molecule has 1 atom stereocenters. The van der Waals surface area contributed by atoms with Gasteiger partial charge in [-0.1, -0.05) is 29.8 Å². The highest BCUT2D eigenvalue weighted by Gasteiger charge is 2.20. The van der Waals surface area contributed by atoms with E-state index in [4.69, 9.17) is 16.7 Å². The van der Waals surface area contributed by atoms with Gasteiger partial charge in [-0.15, -0.1) is 0 Å². The van der Waals surface area contributed by atoms with Crippen LogP contribution in [0.2, 0.25) is 5.02 Å². The number of hydrogen-bond acceptors (Lipinski definition) is 5. The molecule has 1 aromatic heterocycles. The van der Waals surface area contributed by atoms with Gasteiger partial charge in [0.2, 0.25) is 5.91 Å². The molecule has 2 aromatic rings. The second-order valence-electron chi connectivity index (χ2n) is 5.43. The number of halogens is 1. The maximum atomic E-state index is 12.2. The quantitative estimate of drug-likeness (QED) is 0.707. The Balaban J connectivity index is 2.17. The van der Waals surface area contributed by atoms with Crippen LogP contribution in [0.4, 0.5) is 0 Å². The Morgan fingerprint density at radius 1 is 1.31 bits per heavy atom. The average molecular weight is 396 g/mol. The predicted molar refractivity (Wildman–Crippen MR) is 102 cm³/mol. The van der Waals surface area contributed by atoms with Crippen LogP contribution in [0, 0.1) is 0 Å². The van der Waals surface area contributed by atoms with E-state index in [0.717, 1.165) is 4.68 Å². The van der Waals surface area contributed by atoms with Gasteiger partial charge in [0, 0.05) is 11.6 Å². The summed E-state index contributed by atoms with van der Waals surface area (Å²) in [6, 6.07) is 8.83. The van der Waals surface area contributed by atoms with Gasteiger partial charge in [0.1, 0.15) is 12.6 Å². The molecule has 9 heteroatoms. The summed E-state index contributed by atoms with van der Waals surface area (Å²) in [5.74, 6) is -1.11. The second kappa shape index (κ2) is 9.40. The smallest absolute Gasteiger partial charge is 0.326 e. The molecular weight excluding hydrogens is 378 g/mol. The first-order chi connectivity index (χ1) is 12.4. The van der Waals surface area contributed by atoms with Crippen LogP contribution in [0.3, 0.4) is 0 Å². The predicted octanol–water partition coefficient (Wildman–Crippen LogP) is 1.89. The lowest BCUT2D eigenvalue weighted by atomic mass is 10.1. The standard InChI is InChI=1S/C17H18ClN3O4S/c1-26-9-8-14(17(24)25)19-15(22)10-21-16(23)7-6-13(20-21)11-4-2-3-5-12(11)18/h2-7,14H,8-10H2,1H3,(H,19,22)(H,24,25)/t14-/m0/s1. The zero-order valence-electron chi connectivity index (χ0n) is 14.0. The zero-order valence-corrected chi connectivity index (χ0v) is 15.6. The third-order valence-electron chi connectivity index (χ3n) is 3.55. The van der Waals surface area contributed by atoms with Crippen LogP contribution in [0.15, 0.2) is 41.2 Å². The number of carbonyl (C=O) groups excluding carboxylic acids is 1. The van der Waals surface area contributed by atoms with Crippen molar-refractivity contribution >= 4 is 35.2 Å². The Bertz CT molecular complexity index is 856.